The number of thiol groups is 1. The highest BCUT2D eigenvalue weighted by atomic mass is 35.5. The van der Waals surface area contributed by atoms with Gasteiger partial charge < -0.3 is 19.3 Å². The van der Waals surface area contributed by atoms with Crippen LogP contribution in [0.4, 0.5) is 14.5 Å². The highest BCUT2D eigenvalue weighted by Crippen LogP contribution is 2.35. The molecule has 0 saturated carbocycles. The SMILES string of the molecule is C/[SH](=O)=N\c1cc(F)c(-c2ccc(-c3nc4[nH]c(O[C@@H]5CO[C@H]6[C@@H]5OC[C@H]6O)nc4cc3Cl)cc2)c(F)c1. The van der Waals surface area contributed by atoms with Gasteiger partial charge in [-0.1, -0.05) is 35.9 Å². The van der Waals surface area contributed by atoms with E-state index in [-0.39, 0.29) is 36.6 Å². The molecule has 0 amide bonds. The zero-order valence-electron chi connectivity index (χ0n) is 19.8. The summed E-state index contributed by atoms with van der Waals surface area (Å²) < 4.78 is 61.4. The molecular weight excluding hydrogens is 542 g/mol. The van der Waals surface area contributed by atoms with E-state index < -0.39 is 40.5 Å². The summed E-state index contributed by atoms with van der Waals surface area (Å²) in [5.41, 5.74) is 2.03. The Morgan fingerprint density at radius 2 is 1.76 bits per heavy atom. The number of rotatable bonds is 5. The zero-order chi connectivity index (χ0) is 26.6. The highest BCUT2D eigenvalue weighted by molar-refractivity contribution is 7.74. The van der Waals surface area contributed by atoms with E-state index in [2.05, 4.69) is 19.3 Å². The average Bonchev–Trinajstić information content (AvgIpc) is 3.55. The number of nitrogens with zero attached hydrogens (tertiary/aromatic N) is 3. The minimum absolute atomic E-state index is 0.0233. The number of aliphatic hydroxyl groups excluding tert-OH is 1. The van der Waals surface area contributed by atoms with Crippen molar-refractivity contribution in [2.45, 2.75) is 24.4 Å². The van der Waals surface area contributed by atoms with Crippen molar-refractivity contribution >= 4 is 39.0 Å². The Morgan fingerprint density at radius 3 is 2.47 bits per heavy atom. The predicted octanol–water partition coefficient (Wildman–Crippen LogP) is 4.06. The van der Waals surface area contributed by atoms with Crippen molar-refractivity contribution < 1.29 is 32.3 Å². The van der Waals surface area contributed by atoms with Gasteiger partial charge in [0.2, 0.25) is 0 Å². The predicted molar refractivity (Wildman–Crippen MR) is 137 cm³/mol. The summed E-state index contributed by atoms with van der Waals surface area (Å²) in [6.07, 6.45) is -0.589. The molecule has 198 valence electrons. The lowest BCUT2D eigenvalue weighted by Crippen LogP contribution is -2.34. The summed E-state index contributed by atoms with van der Waals surface area (Å²) in [7, 11) is -1.93. The maximum Gasteiger partial charge on any atom is 0.296 e. The molecule has 0 bridgehead atoms. The summed E-state index contributed by atoms with van der Waals surface area (Å²) in [6.45, 7) is 0.447. The van der Waals surface area contributed by atoms with Gasteiger partial charge in [0.1, 0.15) is 35.5 Å². The molecular formula is C25H21ClF2N4O5S. The molecule has 2 aliphatic heterocycles. The van der Waals surface area contributed by atoms with Crippen LogP contribution < -0.4 is 4.74 Å². The van der Waals surface area contributed by atoms with Gasteiger partial charge in [0.25, 0.3) is 6.01 Å². The molecule has 2 aromatic heterocycles. The molecule has 5 atom stereocenters. The quantitative estimate of drug-likeness (QED) is 0.314. The Hall–Kier alpha value is -3.16. The number of imidazole rings is 1. The maximum absolute atomic E-state index is 14.7. The number of ether oxygens (including phenoxy) is 3. The topological polar surface area (TPSA) is 119 Å². The number of H-pyrrole nitrogens is 1. The number of pyridine rings is 1. The largest absolute Gasteiger partial charge is 0.456 e. The molecule has 0 radical (unpaired) electrons. The first-order chi connectivity index (χ1) is 18.3. The van der Waals surface area contributed by atoms with Crippen molar-refractivity contribution in [2.24, 2.45) is 4.36 Å². The summed E-state index contributed by atoms with van der Waals surface area (Å²) in [4.78, 5) is 12.0. The van der Waals surface area contributed by atoms with Gasteiger partial charge in [-0.3, -0.25) is 9.19 Å². The molecule has 0 aliphatic carbocycles. The summed E-state index contributed by atoms with van der Waals surface area (Å²) in [5.74, 6) is -1.63. The minimum Gasteiger partial charge on any atom is -0.456 e. The molecule has 2 aromatic carbocycles. The number of benzene rings is 2. The van der Waals surface area contributed by atoms with E-state index in [4.69, 9.17) is 25.8 Å². The van der Waals surface area contributed by atoms with Crippen LogP contribution in [0.2, 0.25) is 5.02 Å². The zero-order valence-corrected chi connectivity index (χ0v) is 21.4. The Bertz CT molecular complexity index is 1600. The highest BCUT2D eigenvalue weighted by Gasteiger charge is 2.48. The number of aromatic nitrogens is 3. The van der Waals surface area contributed by atoms with Crippen LogP contribution in [-0.4, -0.2) is 68.2 Å². The van der Waals surface area contributed by atoms with E-state index in [1.54, 1.807) is 30.3 Å². The number of aliphatic hydroxyl groups is 1. The molecule has 2 aliphatic rings. The third-order valence-electron chi connectivity index (χ3n) is 6.38. The molecule has 38 heavy (non-hydrogen) atoms. The van der Waals surface area contributed by atoms with Crippen LogP contribution >= 0.6 is 11.6 Å². The fourth-order valence-corrected chi connectivity index (χ4v) is 5.39. The summed E-state index contributed by atoms with van der Waals surface area (Å²) in [5, 5.41) is 10.2. The van der Waals surface area contributed by atoms with Crippen molar-refractivity contribution in [2.75, 3.05) is 19.5 Å². The minimum atomic E-state index is -1.93. The van der Waals surface area contributed by atoms with Crippen molar-refractivity contribution in [3.05, 3.63) is 59.1 Å². The lowest BCUT2D eigenvalue weighted by molar-refractivity contribution is 0.00706. The Morgan fingerprint density at radius 1 is 1.08 bits per heavy atom. The molecule has 6 rings (SSSR count). The van der Waals surface area contributed by atoms with E-state index in [0.29, 0.717) is 33.0 Å². The lowest BCUT2D eigenvalue weighted by atomic mass is 10.0. The summed E-state index contributed by atoms with van der Waals surface area (Å²) in [6, 6.07) is 10.4. The second kappa shape index (κ2) is 9.86. The van der Waals surface area contributed by atoms with Crippen LogP contribution in [0.5, 0.6) is 6.01 Å². The van der Waals surface area contributed by atoms with E-state index in [0.717, 1.165) is 12.1 Å². The molecule has 4 aromatic rings. The Labute approximate surface area is 221 Å². The van der Waals surface area contributed by atoms with Crippen LogP contribution in [0.15, 0.2) is 46.8 Å². The van der Waals surface area contributed by atoms with Crippen molar-refractivity contribution in [1.29, 1.82) is 0 Å². The van der Waals surface area contributed by atoms with Crippen molar-refractivity contribution in [1.82, 2.24) is 15.0 Å². The smallest absolute Gasteiger partial charge is 0.296 e. The molecule has 4 heterocycles. The van der Waals surface area contributed by atoms with Gasteiger partial charge in [-0.2, -0.15) is 4.98 Å². The van der Waals surface area contributed by atoms with E-state index in [9.17, 15) is 18.1 Å². The first-order valence-corrected chi connectivity index (χ1v) is 13.7. The number of nitrogens with one attached hydrogen (secondary N) is 1. The first-order valence-electron chi connectivity index (χ1n) is 11.6. The van der Waals surface area contributed by atoms with Crippen LogP contribution in [0.25, 0.3) is 33.5 Å². The molecule has 2 N–H and O–H groups in total. The summed E-state index contributed by atoms with van der Waals surface area (Å²) >= 11 is 6.49. The van der Waals surface area contributed by atoms with Gasteiger partial charge in [-0.25, -0.2) is 18.1 Å². The van der Waals surface area contributed by atoms with E-state index >= 15 is 0 Å². The second-order valence-electron chi connectivity index (χ2n) is 8.97. The molecule has 1 unspecified atom stereocenters. The number of fused-ring (bicyclic) bond motifs is 2. The van der Waals surface area contributed by atoms with E-state index in [1.807, 2.05) is 0 Å². The fraction of sp³-hybridized carbons (Fsp3) is 0.280. The number of halogens is 3. The average molecular weight is 563 g/mol. The third kappa shape index (κ3) is 4.63. The third-order valence-corrected chi connectivity index (χ3v) is 7.18. The van der Waals surface area contributed by atoms with E-state index in [1.165, 1.54) is 6.26 Å². The second-order valence-corrected chi connectivity index (χ2v) is 10.5. The van der Waals surface area contributed by atoms with Crippen molar-refractivity contribution in [3.63, 3.8) is 0 Å². The van der Waals surface area contributed by atoms with Gasteiger partial charge in [0.05, 0.1) is 35.2 Å². The van der Waals surface area contributed by atoms with Gasteiger partial charge in [-0.15, -0.1) is 0 Å². The molecule has 2 fully saturated rings. The van der Waals surface area contributed by atoms with Gasteiger partial charge in [0, 0.05) is 34.5 Å². The normalized spacial score (nSPS) is 23.7. The first kappa shape index (κ1) is 25.1. The van der Waals surface area contributed by atoms with Crippen LogP contribution in [0.3, 0.4) is 0 Å². The Balaban J connectivity index is 1.26. The van der Waals surface area contributed by atoms with Gasteiger partial charge in [0.15, 0.2) is 11.8 Å². The van der Waals surface area contributed by atoms with Crippen LogP contribution in [0, 0.1) is 11.6 Å². The molecule has 13 heteroatoms. The van der Waals surface area contributed by atoms with Gasteiger partial charge >= 0.3 is 0 Å². The number of aromatic amines is 1. The van der Waals surface area contributed by atoms with Gasteiger partial charge in [-0.05, 0) is 11.6 Å². The Kier molecular flexibility index (Phi) is 6.52. The number of hydrogen-bond acceptors (Lipinski definition) is 8. The number of hydrogen-bond donors (Lipinski definition) is 3. The standard InChI is InChI=1S/C25H21ClF2N4O5S/c1-38(34)32-13-6-15(27)20(16(28)7-13)11-2-4-12(5-3-11)21-14(26)8-17-24(30-21)31-25(29-17)37-19-10-36-22-18(33)9-35-23(19)22/h2-8,18-19,22-23,33,38H,9-10H2,1H3,(H,29,30,31)/t18-,19-,22-,23-/m1/s1. The monoisotopic (exact) mass is 562 g/mol. The fourth-order valence-electron chi connectivity index (χ4n) is 4.69. The molecule has 0 spiro atoms. The van der Waals surface area contributed by atoms with Crippen LogP contribution in [0.1, 0.15) is 0 Å². The van der Waals surface area contributed by atoms with Crippen LogP contribution in [-0.2, 0) is 20.1 Å². The van der Waals surface area contributed by atoms with Crippen molar-refractivity contribution in [3.8, 4) is 28.4 Å². The lowest BCUT2D eigenvalue weighted by Gasteiger charge is -2.15. The molecule has 2 saturated heterocycles. The maximum atomic E-state index is 14.7. The molecule has 9 nitrogen and oxygen atoms in total.